The Bertz CT molecular complexity index is 2300. The highest BCUT2D eigenvalue weighted by Gasteiger charge is 2.34. The van der Waals surface area contributed by atoms with Gasteiger partial charge in [0.2, 0.25) is 0 Å². The second-order valence-electron chi connectivity index (χ2n) is 11.8. The van der Waals surface area contributed by atoms with Crippen LogP contribution in [-0.4, -0.2) is 37.5 Å². The SMILES string of the molecule is CCOC(=O)C1=C(C)N=c2s/c(=C/c3cc(Br)c(OCc4cccc5ccccc45)c(OC)c3)c(=O)n2[C@@H]1c1ccc(OC(C)C)c(OC)c1. The molecule has 11 heteroatoms. The quantitative estimate of drug-likeness (QED) is 0.133. The fraction of sp³-hybridized carbons (Fsp3) is 0.256. The molecular weight excluding hydrogens is 720 g/mol. The minimum Gasteiger partial charge on any atom is -0.493 e. The van der Waals surface area contributed by atoms with Crippen molar-refractivity contribution in [3.8, 4) is 23.0 Å². The molecule has 0 aliphatic carbocycles. The molecule has 0 spiro atoms. The van der Waals surface area contributed by atoms with Gasteiger partial charge in [-0.25, -0.2) is 9.79 Å². The molecule has 0 bridgehead atoms. The summed E-state index contributed by atoms with van der Waals surface area (Å²) in [6.07, 6.45) is 1.71. The zero-order chi connectivity index (χ0) is 35.5. The number of methoxy groups -OCH3 is 2. The topological polar surface area (TPSA) is 97.6 Å². The summed E-state index contributed by atoms with van der Waals surface area (Å²) >= 11 is 4.91. The Morgan fingerprint density at radius 3 is 2.50 bits per heavy atom. The number of hydrogen-bond acceptors (Lipinski definition) is 9. The molecule has 5 aromatic rings. The summed E-state index contributed by atoms with van der Waals surface area (Å²) < 4.78 is 31.7. The standard InChI is InChI=1S/C39H37BrN2O7S/c1-7-47-38(44)34-23(4)41-39-42(35(34)26-15-16-30(49-22(2)3)31(20-26)45-5)37(43)33(50-39)19-24-17-29(40)36(32(18-24)46-6)48-21-27-13-10-12-25-11-8-9-14-28(25)27/h8-20,22,35H,7,21H2,1-6H3/b33-19+/t35-/m1/s1. The number of esters is 1. The van der Waals surface area contributed by atoms with Crippen molar-refractivity contribution in [3.05, 3.63) is 125 Å². The van der Waals surface area contributed by atoms with Crippen LogP contribution < -0.4 is 33.8 Å². The van der Waals surface area contributed by atoms with Gasteiger partial charge in [-0.2, -0.15) is 0 Å². The Morgan fingerprint density at radius 2 is 1.76 bits per heavy atom. The third-order valence-corrected chi connectivity index (χ3v) is 9.76. The van der Waals surface area contributed by atoms with Gasteiger partial charge < -0.3 is 23.7 Å². The fourth-order valence-corrected chi connectivity index (χ4v) is 7.62. The Kier molecular flexibility index (Phi) is 10.4. The molecule has 1 aromatic heterocycles. The van der Waals surface area contributed by atoms with E-state index in [1.165, 1.54) is 11.3 Å². The number of rotatable bonds is 11. The van der Waals surface area contributed by atoms with E-state index in [2.05, 4.69) is 34.1 Å². The van der Waals surface area contributed by atoms with E-state index >= 15 is 0 Å². The van der Waals surface area contributed by atoms with Gasteiger partial charge in [-0.1, -0.05) is 59.9 Å². The lowest BCUT2D eigenvalue weighted by atomic mass is 9.95. The number of allylic oxidation sites excluding steroid dienone is 1. The molecule has 1 aliphatic heterocycles. The summed E-state index contributed by atoms with van der Waals surface area (Å²) in [5.74, 6) is 1.56. The van der Waals surface area contributed by atoms with E-state index in [9.17, 15) is 9.59 Å². The fourth-order valence-electron chi connectivity index (χ4n) is 6.00. The summed E-state index contributed by atoms with van der Waals surface area (Å²) in [7, 11) is 3.13. The molecule has 9 nitrogen and oxygen atoms in total. The second kappa shape index (κ2) is 14.9. The second-order valence-corrected chi connectivity index (χ2v) is 13.7. The van der Waals surface area contributed by atoms with E-state index in [4.69, 9.17) is 28.7 Å². The zero-order valence-corrected chi connectivity index (χ0v) is 31.0. The minimum absolute atomic E-state index is 0.0758. The van der Waals surface area contributed by atoms with Crippen LogP contribution in [0.2, 0.25) is 0 Å². The maximum atomic E-state index is 14.3. The number of benzene rings is 4. The first-order valence-corrected chi connectivity index (χ1v) is 17.8. The molecule has 1 atom stereocenters. The molecule has 0 saturated heterocycles. The molecule has 0 fully saturated rings. The van der Waals surface area contributed by atoms with Gasteiger partial charge in [0, 0.05) is 0 Å². The normalized spacial score (nSPS) is 14.4. The Morgan fingerprint density at radius 1 is 1.00 bits per heavy atom. The molecule has 0 unspecified atom stereocenters. The van der Waals surface area contributed by atoms with Crippen LogP contribution in [-0.2, 0) is 16.1 Å². The highest BCUT2D eigenvalue weighted by atomic mass is 79.9. The minimum atomic E-state index is -0.805. The van der Waals surface area contributed by atoms with Crippen LogP contribution in [0.15, 0.2) is 98.3 Å². The average Bonchev–Trinajstić information content (AvgIpc) is 3.40. The number of aromatic nitrogens is 1. The molecule has 6 rings (SSSR count). The molecule has 1 aliphatic rings. The van der Waals surface area contributed by atoms with Crippen molar-refractivity contribution >= 4 is 50.1 Å². The third kappa shape index (κ3) is 6.93. The van der Waals surface area contributed by atoms with Crippen molar-refractivity contribution in [1.82, 2.24) is 4.57 Å². The van der Waals surface area contributed by atoms with Crippen molar-refractivity contribution in [2.75, 3.05) is 20.8 Å². The predicted molar refractivity (Wildman–Crippen MR) is 198 cm³/mol. The van der Waals surface area contributed by atoms with Gasteiger partial charge in [-0.3, -0.25) is 9.36 Å². The van der Waals surface area contributed by atoms with E-state index in [0.717, 1.165) is 16.3 Å². The third-order valence-electron chi connectivity index (χ3n) is 8.18. The number of carbonyl (C=O) groups excluding carboxylic acids is 1. The van der Waals surface area contributed by atoms with Gasteiger partial charge in [-0.15, -0.1) is 0 Å². The summed E-state index contributed by atoms with van der Waals surface area (Å²) in [5.41, 5.74) is 2.86. The zero-order valence-electron chi connectivity index (χ0n) is 28.6. The van der Waals surface area contributed by atoms with E-state index < -0.39 is 12.0 Å². The summed E-state index contributed by atoms with van der Waals surface area (Å²) in [4.78, 5) is 32.8. The van der Waals surface area contributed by atoms with Gasteiger partial charge in [0.1, 0.15) is 6.61 Å². The lowest BCUT2D eigenvalue weighted by Gasteiger charge is -2.25. The number of fused-ring (bicyclic) bond motifs is 2. The predicted octanol–water partition coefficient (Wildman–Crippen LogP) is 7.10. The van der Waals surface area contributed by atoms with Crippen molar-refractivity contribution in [2.24, 2.45) is 4.99 Å². The van der Waals surface area contributed by atoms with Crippen LogP contribution in [0.4, 0.5) is 0 Å². The molecule has 0 saturated carbocycles. The largest absolute Gasteiger partial charge is 0.493 e. The number of thiazole rings is 1. The summed E-state index contributed by atoms with van der Waals surface area (Å²) in [5, 5.41) is 2.26. The van der Waals surface area contributed by atoms with Crippen molar-refractivity contribution in [2.45, 2.75) is 46.4 Å². The van der Waals surface area contributed by atoms with Gasteiger partial charge in [0.15, 0.2) is 27.8 Å². The van der Waals surface area contributed by atoms with E-state index in [1.807, 2.05) is 56.3 Å². The molecule has 0 radical (unpaired) electrons. The molecule has 2 heterocycles. The summed E-state index contributed by atoms with van der Waals surface area (Å²) in [6, 6.07) is 22.6. The van der Waals surface area contributed by atoms with Gasteiger partial charge in [0.25, 0.3) is 5.56 Å². The monoisotopic (exact) mass is 756 g/mol. The van der Waals surface area contributed by atoms with Crippen molar-refractivity contribution in [3.63, 3.8) is 0 Å². The first kappa shape index (κ1) is 35.0. The number of ether oxygens (including phenoxy) is 5. The Labute approximate surface area is 302 Å². The number of carbonyl (C=O) groups is 1. The maximum absolute atomic E-state index is 14.3. The van der Waals surface area contributed by atoms with Crippen LogP contribution in [0.25, 0.3) is 16.8 Å². The maximum Gasteiger partial charge on any atom is 0.338 e. The Balaban J connectivity index is 1.41. The average molecular weight is 758 g/mol. The molecule has 0 amide bonds. The van der Waals surface area contributed by atoms with E-state index in [1.54, 1.807) is 50.8 Å². The van der Waals surface area contributed by atoms with E-state index in [0.29, 0.717) is 60.2 Å². The molecular formula is C39H37BrN2O7S. The number of hydrogen-bond donors (Lipinski definition) is 0. The Hall–Kier alpha value is -4.87. The van der Waals surface area contributed by atoms with Crippen molar-refractivity contribution < 1.29 is 28.5 Å². The molecule has 258 valence electrons. The number of nitrogens with zero attached hydrogens (tertiary/aromatic N) is 2. The molecule has 4 aromatic carbocycles. The number of halogens is 1. The first-order valence-electron chi connectivity index (χ1n) is 16.1. The van der Waals surface area contributed by atoms with Gasteiger partial charge in [0.05, 0.1) is 53.2 Å². The van der Waals surface area contributed by atoms with Crippen LogP contribution in [0, 0.1) is 0 Å². The van der Waals surface area contributed by atoms with Gasteiger partial charge in [-0.05, 0) is 101 Å². The van der Waals surface area contributed by atoms with Crippen LogP contribution in [0.5, 0.6) is 23.0 Å². The first-order chi connectivity index (χ1) is 24.1. The lowest BCUT2D eigenvalue weighted by molar-refractivity contribution is -0.139. The van der Waals surface area contributed by atoms with Crippen LogP contribution in [0.1, 0.15) is 50.4 Å². The van der Waals surface area contributed by atoms with Crippen molar-refractivity contribution in [1.29, 1.82) is 0 Å². The summed E-state index contributed by atoms with van der Waals surface area (Å²) in [6.45, 7) is 7.87. The molecule has 50 heavy (non-hydrogen) atoms. The van der Waals surface area contributed by atoms with E-state index in [-0.39, 0.29) is 23.8 Å². The highest BCUT2D eigenvalue weighted by molar-refractivity contribution is 9.10. The van der Waals surface area contributed by atoms with Crippen LogP contribution in [0.3, 0.4) is 0 Å². The lowest BCUT2D eigenvalue weighted by Crippen LogP contribution is -2.40. The highest BCUT2D eigenvalue weighted by Crippen LogP contribution is 2.39. The smallest absolute Gasteiger partial charge is 0.338 e. The molecule has 0 N–H and O–H groups in total. The van der Waals surface area contributed by atoms with Crippen LogP contribution >= 0.6 is 27.3 Å². The van der Waals surface area contributed by atoms with Gasteiger partial charge >= 0.3 is 5.97 Å².